The number of hydrogen-bond donors (Lipinski definition) is 1. The molecule has 0 atom stereocenters. The zero-order valence-corrected chi connectivity index (χ0v) is 8.51. The fraction of sp³-hybridized carbons (Fsp3) is 0.636. The fourth-order valence-electron chi connectivity index (χ4n) is 2.13. The second-order valence-electron chi connectivity index (χ2n) is 4.56. The molecule has 0 aromatic carbocycles. The molecule has 1 aromatic heterocycles. The molecule has 0 aliphatic carbocycles. The van der Waals surface area contributed by atoms with Crippen LogP contribution < -0.4 is 0 Å². The van der Waals surface area contributed by atoms with E-state index in [1.54, 1.807) is 0 Å². The van der Waals surface area contributed by atoms with Gasteiger partial charge in [-0.25, -0.2) is 0 Å². The van der Waals surface area contributed by atoms with E-state index in [4.69, 9.17) is 0 Å². The molecule has 2 heteroatoms. The Morgan fingerprint density at radius 2 is 2.38 bits per heavy atom. The number of H-pyrrole nitrogens is 1. The summed E-state index contributed by atoms with van der Waals surface area (Å²) in [6, 6.07) is 2.16. The highest BCUT2D eigenvalue weighted by Gasteiger charge is 2.31. The van der Waals surface area contributed by atoms with Crippen molar-refractivity contribution >= 4 is 0 Å². The quantitative estimate of drug-likeness (QED) is 0.736. The molecule has 1 aliphatic heterocycles. The van der Waals surface area contributed by atoms with Crippen LogP contribution in [0.5, 0.6) is 0 Å². The van der Waals surface area contributed by atoms with Crippen molar-refractivity contribution in [3.05, 3.63) is 24.0 Å². The molecule has 1 aliphatic rings. The average molecular weight is 178 g/mol. The van der Waals surface area contributed by atoms with Gasteiger partial charge in [0.25, 0.3) is 0 Å². The first kappa shape index (κ1) is 8.82. The highest BCUT2D eigenvalue weighted by molar-refractivity contribution is 5.09. The number of nitrogens with one attached hydrogen (secondary N) is 1. The lowest BCUT2D eigenvalue weighted by atomic mass is 10.0. The first-order valence-corrected chi connectivity index (χ1v) is 5.05. The molecule has 0 radical (unpaired) electrons. The van der Waals surface area contributed by atoms with Crippen LogP contribution in [0.3, 0.4) is 0 Å². The summed E-state index contributed by atoms with van der Waals surface area (Å²) in [7, 11) is 0. The molecular formula is C11H18N2. The van der Waals surface area contributed by atoms with Gasteiger partial charge in [0.15, 0.2) is 0 Å². The van der Waals surface area contributed by atoms with Crippen LogP contribution in [0.1, 0.15) is 32.3 Å². The molecular weight excluding hydrogens is 160 g/mol. The van der Waals surface area contributed by atoms with Gasteiger partial charge in [0, 0.05) is 24.5 Å². The third-order valence-corrected chi connectivity index (χ3v) is 3.11. The van der Waals surface area contributed by atoms with Crippen LogP contribution in [-0.4, -0.2) is 22.0 Å². The molecule has 1 saturated heterocycles. The second-order valence-corrected chi connectivity index (χ2v) is 4.56. The van der Waals surface area contributed by atoms with Crippen molar-refractivity contribution in [1.29, 1.82) is 0 Å². The van der Waals surface area contributed by atoms with Gasteiger partial charge in [-0.2, -0.15) is 0 Å². The van der Waals surface area contributed by atoms with Crippen molar-refractivity contribution in [2.75, 3.05) is 6.54 Å². The molecule has 1 fully saturated rings. The molecule has 1 aromatic rings. The highest BCUT2D eigenvalue weighted by atomic mass is 15.2. The Bertz CT molecular complexity index is 262. The van der Waals surface area contributed by atoms with Crippen LogP contribution in [-0.2, 0) is 6.54 Å². The lowest BCUT2D eigenvalue weighted by Gasteiger charge is -2.31. The minimum absolute atomic E-state index is 0.400. The number of aromatic nitrogens is 1. The molecule has 0 unspecified atom stereocenters. The Morgan fingerprint density at radius 3 is 2.92 bits per heavy atom. The van der Waals surface area contributed by atoms with Crippen molar-refractivity contribution in [2.45, 2.75) is 38.8 Å². The predicted octanol–water partition coefficient (Wildman–Crippen LogP) is 2.39. The number of hydrogen-bond acceptors (Lipinski definition) is 1. The number of rotatable bonds is 2. The van der Waals surface area contributed by atoms with E-state index in [0.29, 0.717) is 5.54 Å². The van der Waals surface area contributed by atoms with Crippen LogP contribution in [0, 0.1) is 0 Å². The standard InChI is InChI=1S/C11H18N2/c1-11(2)5-3-7-13(11)9-10-4-6-12-8-10/h4,6,8,12H,3,5,7,9H2,1-2H3. The molecule has 2 heterocycles. The van der Waals surface area contributed by atoms with Gasteiger partial charge in [0.05, 0.1) is 0 Å². The maximum absolute atomic E-state index is 3.10. The van der Waals surface area contributed by atoms with Crippen molar-refractivity contribution < 1.29 is 0 Å². The minimum Gasteiger partial charge on any atom is -0.367 e. The van der Waals surface area contributed by atoms with E-state index in [2.05, 4.69) is 36.0 Å². The van der Waals surface area contributed by atoms with Crippen LogP contribution in [0.4, 0.5) is 0 Å². The van der Waals surface area contributed by atoms with Crippen molar-refractivity contribution in [1.82, 2.24) is 9.88 Å². The maximum atomic E-state index is 3.10. The van der Waals surface area contributed by atoms with Gasteiger partial charge >= 0.3 is 0 Å². The number of likely N-dealkylation sites (tertiary alicyclic amines) is 1. The highest BCUT2D eigenvalue weighted by Crippen LogP contribution is 2.29. The summed E-state index contributed by atoms with van der Waals surface area (Å²) in [6.45, 7) is 7.02. The van der Waals surface area contributed by atoms with Gasteiger partial charge in [0.1, 0.15) is 0 Å². The molecule has 13 heavy (non-hydrogen) atoms. The molecule has 2 rings (SSSR count). The molecule has 0 saturated carbocycles. The van der Waals surface area contributed by atoms with E-state index in [9.17, 15) is 0 Å². The zero-order chi connectivity index (χ0) is 9.31. The van der Waals surface area contributed by atoms with E-state index < -0.39 is 0 Å². The summed E-state index contributed by atoms with van der Waals surface area (Å²) in [4.78, 5) is 5.67. The predicted molar refractivity (Wildman–Crippen MR) is 54.5 cm³/mol. The zero-order valence-electron chi connectivity index (χ0n) is 8.51. The summed E-state index contributed by atoms with van der Waals surface area (Å²) in [6.07, 6.45) is 6.77. The minimum atomic E-state index is 0.400. The summed E-state index contributed by atoms with van der Waals surface area (Å²) in [5, 5.41) is 0. The van der Waals surface area contributed by atoms with Gasteiger partial charge in [-0.1, -0.05) is 0 Å². The van der Waals surface area contributed by atoms with Gasteiger partial charge in [0.2, 0.25) is 0 Å². The third-order valence-electron chi connectivity index (χ3n) is 3.11. The first-order valence-electron chi connectivity index (χ1n) is 5.05. The van der Waals surface area contributed by atoms with Gasteiger partial charge in [-0.05, 0) is 44.9 Å². The molecule has 1 N–H and O–H groups in total. The second kappa shape index (κ2) is 3.18. The van der Waals surface area contributed by atoms with E-state index in [1.165, 1.54) is 24.9 Å². The largest absolute Gasteiger partial charge is 0.367 e. The van der Waals surface area contributed by atoms with Gasteiger partial charge in [-0.3, -0.25) is 4.90 Å². The van der Waals surface area contributed by atoms with E-state index in [1.807, 2.05) is 6.20 Å². The normalized spacial score (nSPS) is 22.3. The maximum Gasteiger partial charge on any atom is 0.0254 e. The average Bonchev–Trinajstić information content (AvgIpc) is 2.63. The van der Waals surface area contributed by atoms with E-state index in [-0.39, 0.29) is 0 Å². The molecule has 0 bridgehead atoms. The van der Waals surface area contributed by atoms with E-state index >= 15 is 0 Å². The Labute approximate surface area is 79.9 Å². The van der Waals surface area contributed by atoms with E-state index in [0.717, 1.165) is 6.54 Å². The molecule has 0 amide bonds. The van der Waals surface area contributed by atoms with Crippen LogP contribution in [0.2, 0.25) is 0 Å². The van der Waals surface area contributed by atoms with Crippen LogP contribution in [0.15, 0.2) is 18.5 Å². The monoisotopic (exact) mass is 178 g/mol. The molecule has 0 spiro atoms. The third kappa shape index (κ3) is 1.78. The smallest absolute Gasteiger partial charge is 0.0254 e. The van der Waals surface area contributed by atoms with Crippen molar-refractivity contribution in [3.63, 3.8) is 0 Å². The summed E-state index contributed by atoms with van der Waals surface area (Å²) < 4.78 is 0. The Kier molecular flexibility index (Phi) is 2.16. The number of nitrogens with zero attached hydrogens (tertiary/aromatic N) is 1. The van der Waals surface area contributed by atoms with Crippen molar-refractivity contribution in [3.8, 4) is 0 Å². The van der Waals surface area contributed by atoms with Gasteiger partial charge in [-0.15, -0.1) is 0 Å². The van der Waals surface area contributed by atoms with Gasteiger partial charge < -0.3 is 4.98 Å². The lowest BCUT2D eigenvalue weighted by molar-refractivity contribution is 0.166. The SMILES string of the molecule is CC1(C)CCCN1Cc1cc[nH]c1. The summed E-state index contributed by atoms with van der Waals surface area (Å²) in [5.74, 6) is 0. The topological polar surface area (TPSA) is 19.0 Å². The molecule has 72 valence electrons. The van der Waals surface area contributed by atoms with Crippen LogP contribution >= 0.6 is 0 Å². The Hall–Kier alpha value is -0.760. The first-order chi connectivity index (χ1) is 6.18. The Balaban J connectivity index is 2.02. The number of aromatic amines is 1. The fourth-order valence-corrected chi connectivity index (χ4v) is 2.13. The Morgan fingerprint density at radius 1 is 1.54 bits per heavy atom. The van der Waals surface area contributed by atoms with Crippen LogP contribution in [0.25, 0.3) is 0 Å². The lowest BCUT2D eigenvalue weighted by Crippen LogP contribution is -2.37. The van der Waals surface area contributed by atoms with Crippen molar-refractivity contribution in [2.24, 2.45) is 0 Å². The summed E-state index contributed by atoms with van der Waals surface area (Å²) in [5.41, 5.74) is 1.80. The summed E-state index contributed by atoms with van der Waals surface area (Å²) >= 11 is 0. The molecule has 2 nitrogen and oxygen atoms in total.